The topological polar surface area (TPSA) is 88.8 Å². The van der Waals surface area contributed by atoms with E-state index in [1.807, 2.05) is 37.3 Å². The van der Waals surface area contributed by atoms with Gasteiger partial charge in [0.15, 0.2) is 0 Å². The van der Waals surface area contributed by atoms with Crippen LogP contribution in [0.25, 0.3) is 0 Å². The normalized spacial score (nSPS) is 8.82. The molecule has 1 aromatic carbocycles. The SMILES string of the molecule is [C-]#[O+].[C-]#[O+].[C-]#[O+].[CH2][C]([CH2])[CH]C(=O)N[C@H](C)c1ccccc1.[Fe]. The van der Waals surface area contributed by atoms with Crippen molar-refractivity contribution in [3.8, 4) is 0 Å². The Bertz CT molecular complexity index is 413. The molecule has 1 rings (SSSR count). The Hall–Kier alpha value is -1.57. The van der Waals surface area contributed by atoms with Gasteiger partial charge in [-0.05, 0) is 32.3 Å². The summed E-state index contributed by atoms with van der Waals surface area (Å²) in [5, 5.41) is 2.83. The van der Waals surface area contributed by atoms with Crippen molar-refractivity contribution in [3.63, 3.8) is 0 Å². The van der Waals surface area contributed by atoms with Crippen molar-refractivity contribution >= 4 is 5.91 Å². The Morgan fingerprint density at radius 2 is 1.50 bits per heavy atom. The minimum atomic E-state index is -0.161. The van der Waals surface area contributed by atoms with E-state index in [4.69, 9.17) is 14.0 Å². The molecule has 0 aromatic heterocycles. The van der Waals surface area contributed by atoms with E-state index in [1.54, 1.807) is 0 Å². The molecule has 4 radical (unpaired) electrons. The first kappa shape index (κ1) is 28.6. The second-order valence-electron chi connectivity index (χ2n) is 3.44. The van der Waals surface area contributed by atoms with E-state index >= 15 is 0 Å². The predicted molar refractivity (Wildman–Crippen MR) is 73.0 cm³/mol. The number of benzene rings is 1. The molecule has 0 fully saturated rings. The monoisotopic (exact) mass is 341 g/mol. The van der Waals surface area contributed by atoms with Crippen LogP contribution in [-0.2, 0) is 35.8 Å². The second kappa shape index (κ2) is 21.7. The Morgan fingerprint density at radius 3 is 1.86 bits per heavy atom. The molecule has 22 heavy (non-hydrogen) atoms. The zero-order valence-electron chi connectivity index (χ0n) is 11.9. The zero-order chi connectivity index (χ0) is 17.3. The van der Waals surface area contributed by atoms with Crippen molar-refractivity contribution in [1.82, 2.24) is 5.32 Å². The Morgan fingerprint density at radius 1 is 1.09 bits per heavy atom. The molecule has 5 nitrogen and oxygen atoms in total. The third kappa shape index (κ3) is 16.5. The van der Waals surface area contributed by atoms with Gasteiger partial charge in [-0.2, -0.15) is 0 Å². The maximum Gasteiger partial charge on any atom is 0.224 e. The Kier molecular flexibility index (Phi) is 28.2. The summed E-state index contributed by atoms with van der Waals surface area (Å²) >= 11 is 0. The first-order valence-corrected chi connectivity index (χ1v) is 5.42. The van der Waals surface area contributed by atoms with Crippen LogP contribution in [0, 0.1) is 46.1 Å². The molecule has 0 saturated heterocycles. The van der Waals surface area contributed by atoms with Gasteiger partial charge in [0, 0.05) is 17.1 Å². The van der Waals surface area contributed by atoms with Gasteiger partial charge in [0.1, 0.15) is 0 Å². The summed E-state index contributed by atoms with van der Waals surface area (Å²) in [6.07, 6.45) is 1.39. The summed E-state index contributed by atoms with van der Waals surface area (Å²) in [6, 6.07) is 9.79. The number of carbonyl (C=O) groups excluding carboxylic acids is 1. The summed E-state index contributed by atoms with van der Waals surface area (Å²) in [4.78, 5) is 11.4. The molecule has 0 aliphatic heterocycles. The molecule has 0 bridgehead atoms. The van der Waals surface area contributed by atoms with Crippen molar-refractivity contribution in [2.75, 3.05) is 0 Å². The Balaban J connectivity index is -0.000000206. The summed E-state index contributed by atoms with van der Waals surface area (Å²) in [6.45, 7) is 22.5. The first-order chi connectivity index (χ1) is 10.1. The standard InChI is InChI=1S/C13H15NO.3CO.Fe/c1-10(2)9-13(15)14-11(3)12-7-5-4-6-8-12;3*1-2;/h4-9,11H,1-2H2,3H3,(H,14,15);;;;/t11-;;;;/m1..../s1. The number of nitrogens with one attached hydrogen (secondary N) is 1. The van der Waals surface area contributed by atoms with E-state index in [2.05, 4.69) is 39.1 Å². The van der Waals surface area contributed by atoms with Gasteiger partial charge in [0.2, 0.25) is 5.91 Å². The molecule has 0 spiro atoms. The summed E-state index contributed by atoms with van der Waals surface area (Å²) < 4.78 is 22.5. The van der Waals surface area contributed by atoms with Gasteiger partial charge in [-0.15, -0.1) is 0 Å². The van der Waals surface area contributed by atoms with E-state index in [0.29, 0.717) is 5.92 Å². The maximum absolute atomic E-state index is 11.4. The minimum Gasteiger partial charge on any atom is -0.349 e. The molecule has 0 aliphatic carbocycles. The van der Waals surface area contributed by atoms with Gasteiger partial charge in [0.25, 0.3) is 0 Å². The fourth-order valence-electron chi connectivity index (χ4n) is 1.27. The molecule has 6 heteroatoms. The van der Waals surface area contributed by atoms with E-state index in [0.717, 1.165) is 5.56 Å². The molecule has 0 saturated carbocycles. The Labute approximate surface area is 142 Å². The van der Waals surface area contributed by atoms with Crippen LogP contribution in [0.15, 0.2) is 30.3 Å². The van der Waals surface area contributed by atoms with Crippen molar-refractivity contribution in [3.05, 3.63) is 82.0 Å². The summed E-state index contributed by atoms with van der Waals surface area (Å²) in [5.41, 5.74) is 1.08. The van der Waals surface area contributed by atoms with E-state index in [9.17, 15) is 4.79 Å². The first-order valence-electron chi connectivity index (χ1n) is 5.42. The molecule has 1 amide bonds. The van der Waals surface area contributed by atoms with Crippen LogP contribution in [0.4, 0.5) is 0 Å². The number of rotatable bonds is 4. The van der Waals surface area contributed by atoms with E-state index in [1.165, 1.54) is 6.42 Å². The number of hydrogen-bond acceptors (Lipinski definition) is 1. The van der Waals surface area contributed by atoms with Gasteiger partial charge in [-0.1, -0.05) is 30.3 Å². The average molecular weight is 341 g/mol. The molecule has 1 aromatic rings. The van der Waals surface area contributed by atoms with Crippen molar-refractivity contribution in [2.24, 2.45) is 0 Å². The molecular formula is C16H15FeNO4. The second-order valence-corrected chi connectivity index (χ2v) is 3.44. The smallest absolute Gasteiger partial charge is 0.224 e. The molecule has 0 heterocycles. The van der Waals surface area contributed by atoms with Crippen LogP contribution in [0.1, 0.15) is 18.5 Å². The van der Waals surface area contributed by atoms with Gasteiger partial charge in [-0.25, -0.2) is 0 Å². The molecule has 116 valence electrons. The minimum absolute atomic E-state index is 0. The molecule has 1 atom stereocenters. The van der Waals surface area contributed by atoms with Crippen LogP contribution in [0.2, 0.25) is 0 Å². The quantitative estimate of drug-likeness (QED) is 0.508. The van der Waals surface area contributed by atoms with Crippen LogP contribution < -0.4 is 5.32 Å². The van der Waals surface area contributed by atoms with Gasteiger partial charge < -0.3 is 5.32 Å². The van der Waals surface area contributed by atoms with Crippen LogP contribution >= 0.6 is 0 Å². The number of carbonyl (C=O) groups is 1. The van der Waals surface area contributed by atoms with Crippen LogP contribution in [0.5, 0.6) is 0 Å². The number of hydrogen-bond donors (Lipinski definition) is 1. The fraction of sp³-hybridized carbons (Fsp3) is 0.125. The molecule has 1 N–H and O–H groups in total. The van der Waals surface area contributed by atoms with Crippen LogP contribution in [-0.4, -0.2) is 5.91 Å². The maximum atomic E-state index is 11.4. The molecule has 0 aliphatic rings. The number of amides is 1. The largest absolute Gasteiger partial charge is 0.349 e. The molecule has 0 unspecified atom stereocenters. The van der Waals surface area contributed by atoms with Crippen LogP contribution in [0.3, 0.4) is 0 Å². The van der Waals surface area contributed by atoms with Gasteiger partial charge in [-0.3, -0.25) is 4.79 Å². The van der Waals surface area contributed by atoms with Crippen molar-refractivity contribution in [2.45, 2.75) is 13.0 Å². The third-order valence-corrected chi connectivity index (χ3v) is 1.99. The summed E-state index contributed by atoms with van der Waals surface area (Å²) in [5.74, 6) is 0.346. The van der Waals surface area contributed by atoms with Gasteiger partial charge >= 0.3 is 33.9 Å². The molecular weight excluding hydrogens is 326 g/mol. The van der Waals surface area contributed by atoms with Gasteiger partial charge in [0.05, 0.1) is 12.5 Å². The fourth-order valence-corrected chi connectivity index (χ4v) is 1.27. The third-order valence-electron chi connectivity index (χ3n) is 1.99. The zero-order valence-corrected chi connectivity index (χ0v) is 13.0. The van der Waals surface area contributed by atoms with Crippen molar-refractivity contribution in [1.29, 1.82) is 0 Å². The van der Waals surface area contributed by atoms with E-state index < -0.39 is 0 Å². The average Bonchev–Trinajstić information content (AvgIpc) is 2.53. The predicted octanol–water partition coefficient (Wildman–Crippen LogP) is 2.20. The van der Waals surface area contributed by atoms with E-state index in [-0.39, 0.29) is 29.0 Å². The summed E-state index contributed by atoms with van der Waals surface area (Å²) in [7, 11) is 0. The van der Waals surface area contributed by atoms with Crippen molar-refractivity contribution < 1.29 is 35.8 Å².